The van der Waals surface area contributed by atoms with Gasteiger partial charge >= 0.3 is 0 Å². The van der Waals surface area contributed by atoms with Crippen LogP contribution in [-0.4, -0.2) is 21.5 Å². The average Bonchev–Trinajstić information content (AvgIpc) is 3.45. The van der Waals surface area contributed by atoms with Crippen molar-refractivity contribution >= 4 is 16.9 Å². The van der Waals surface area contributed by atoms with E-state index in [1.165, 1.54) is 31.2 Å². The number of hydrogen-bond donors (Lipinski definition) is 1. The van der Waals surface area contributed by atoms with Crippen molar-refractivity contribution in [3.63, 3.8) is 0 Å². The Bertz CT molecular complexity index is 991. The molecule has 4 atom stereocenters. The maximum absolute atomic E-state index is 12.7. The van der Waals surface area contributed by atoms with E-state index in [0.29, 0.717) is 5.92 Å². The molecule has 4 nitrogen and oxygen atoms in total. The van der Waals surface area contributed by atoms with E-state index in [1.54, 1.807) is 0 Å². The van der Waals surface area contributed by atoms with Crippen LogP contribution in [0.25, 0.3) is 11.0 Å². The van der Waals surface area contributed by atoms with Gasteiger partial charge in [-0.25, -0.2) is 4.98 Å². The van der Waals surface area contributed by atoms with Gasteiger partial charge in [-0.1, -0.05) is 30.7 Å². The van der Waals surface area contributed by atoms with E-state index >= 15 is 0 Å². The molecule has 0 aliphatic heterocycles. The summed E-state index contributed by atoms with van der Waals surface area (Å²) in [4.78, 5) is 17.1. The Kier molecular flexibility index (Phi) is 4.42. The number of nitrogens with one attached hydrogen (secondary N) is 1. The molecular formula is C24H27N3O. The van der Waals surface area contributed by atoms with Crippen LogP contribution in [0.1, 0.15) is 48.5 Å². The van der Waals surface area contributed by atoms with Crippen molar-refractivity contribution < 1.29 is 4.79 Å². The Hall–Kier alpha value is -2.62. The Morgan fingerprint density at radius 1 is 1.14 bits per heavy atom. The molecule has 2 aliphatic carbocycles. The fourth-order valence-corrected chi connectivity index (χ4v) is 5.40. The fourth-order valence-electron chi connectivity index (χ4n) is 5.40. The van der Waals surface area contributed by atoms with Crippen molar-refractivity contribution in [2.75, 3.05) is 0 Å². The highest BCUT2D eigenvalue weighted by Crippen LogP contribution is 2.49. The van der Waals surface area contributed by atoms with Crippen molar-refractivity contribution in [2.45, 2.75) is 45.2 Å². The van der Waals surface area contributed by atoms with E-state index in [4.69, 9.17) is 0 Å². The number of para-hydroxylation sites is 2. The van der Waals surface area contributed by atoms with E-state index in [-0.39, 0.29) is 11.9 Å². The largest absolute Gasteiger partial charge is 0.349 e. The number of carbonyl (C=O) groups excluding carboxylic acids is 1. The third kappa shape index (κ3) is 3.21. The van der Waals surface area contributed by atoms with Crippen LogP contribution in [0.2, 0.25) is 0 Å². The molecule has 2 saturated carbocycles. The summed E-state index contributed by atoms with van der Waals surface area (Å²) in [6, 6.07) is 16.4. The van der Waals surface area contributed by atoms with Crippen LogP contribution in [0.5, 0.6) is 0 Å². The van der Waals surface area contributed by atoms with Crippen LogP contribution in [0.4, 0.5) is 0 Å². The molecule has 0 spiro atoms. The van der Waals surface area contributed by atoms with Crippen molar-refractivity contribution in [1.29, 1.82) is 0 Å². The monoisotopic (exact) mass is 373 g/mol. The molecule has 2 bridgehead atoms. The summed E-state index contributed by atoms with van der Waals surface area (Å²) in [6.07, 6.45) is 7.30. The average molecular weight is 374 g/mol. The molecule has 1 amide bonds. The molecule has 28 heavy (non-hydrogen) atoms. The van der Waals surface area contributed by atoms with Crippen molar-refractivity contribution in [3.05, 3.63) is 66.0 Å². The second-order valence-electron chi connectivity index (χ2n) is 8.66. The van der Waals surface area contributed by atoms with Gasteiger partial charge in [0, 0.05) is 18.2 Å². The molecule has 0 saturated heterocycles. The minimum atomic E-state index is 0.0508. The quantitative estimate of drug-likeness (QED) is 0.708. The number of imidazole rings is 1. The Balaban J connectivity index is 1.24. The van der Waals surface area contributed by atoms with Crippen LogP contribution in [0.15, 0.2) is 54.9 Å². The van der Waals surface area contributed by atoms with Crippen molar-refractivity contribution in [3.8, 4) is 0 Å². The summed E-state index contributed by atoms with van der Waals surface area (Å²) in [5.74, 6) is 2.45. The van der Waals surface area contributed by atoms with Gasteiger partial charge in [0.2, 0.25) is 0 Å². The topological polar surface area (TPSA) is 46.9 Å². The lowest BCUT2D eigenvalue weighted by molar-refractivity contribution is 0.0915. The number of carbonyl (C=O) groups is 1. The molecule has 1 aromatic heterocycles. The minimum Gasteiger partial charge on any atom is -0.349 e. The first-order valence-corrected chi connectivity index (χ1v) is 10.5. The molecule has 2 aliphatic rings. The predicted molar refractivity (Wildman–Crippen MR) is 111 cm³/mol. The summed E-state index contributed by atoms with van der Waals surface area (Å²) in [6.45, 7) is 2.94. The number of nitrogens with zero attached hydrogens (tertiary/aromatic N) is 2. The molecule has 5 rings (SSSR count). The number of aromatic nitrogens is 2. The van der Waals surface area contributed by atoms with E-state index in [1.807, 2.05) is 48.8 Å². The third-order valence-electron chi connectivity index (χ3n) is 6.89. The molecule has 144 valence electrons. The first kappa shape index (κ1) is 17.5. The lowest BCUT2D eigenvalue weighted by Crippen LogP contribution is -2.40. The van der Waals surface area contributed by atoms with Gasteiger partial charge in [-0.05, 0) is 73.8 Å². The Morgan fingerprint density at radius 3 is 2.71 bits per heavy atom. The summed E-state index contributed by atoms with van der Waals surface area (Å²) in [5.41, 5.74) is 4.05. The zero-order valence-electron chi connectivity index (χ0n) is 16.3. The molecule has 3 aromatic rings. The van der Waals surface area contributed by atoms with Gasteiger partial charge in [-0.3, -0.25) is 4.79 Å². The predicted octanol–water partition coefficient (Wildman–Crippen LogP) is 4.64. The zero-order valence-corrected chi connectivity index (χ0v) is 16.3. The van der Waals surface area contributed by atoms with E-state index in [9.17, 15) is 4.79 Å². The third-order valence-corrected chi connectivity index (χ3v) is 6.89. The SMILES string of the molecule is C[C@H](NC(=O)c1ccc(Cn2cnc3ccccc32)cc1)[C@@H]1C[C@H]2CC[C@H]1C2. The van der Waals surface area contributed by atoms with Crippen molar-refractivity contribution in [1.82, 2.24) is 14.9 Å². The Labute approximate surface area is 166 Å². The molecule has 0 radical (unpaired) electrons. The molecule has 1 heterocycles. The van der Waals surface area contributed by atoms with Gasteiger partial charge in [-0.15, -0.1) is 0 Å². The number of rotatable bonds is 5. The molecule has 0 unspecified atom stereocenters. The summed E-state index contributed by atoms with van der Waals surface area (Å²) < 4.78 is 2.14. The van der Waals surface area contributed by atoms with E-state index in [0.717, 1.165) is 35.0 Å². The zero-order chi connectivity index (χ0) is 19.1. The second kappa shape index (κ2) is 7.08. The molecule has 4 heteroatoms. The normalized spacial score (nSPS) is 24.5. The highest BCUT2D eigenvalue weighted by molar-refractivity contribution is 5.94. The van der Waals surface area contributed by atoms with Gasteiger partial charge in [0.05, 0.1) is 17.4 Å². The van der Waals surface area contributed by atoms with Gasteiger partial charge < -0.3 is 9.88 Å². The maximum Gasteiger partial charge on any atom is 0.251 e. The van der Waals surface area contributed by atoms with Gasteiger partial charge in [0.25, 0.3) is 5.91 Å². The van der Waals surface area contributed by atoms with Gasteiger partial charge in [0.1, 0.15) is 0 Å². The number of fused-ring (bicyclic) bond motifs is 3. The van der Waals surface area contributed by atoms with Crippen LogP contribution in [-0.2, 0) is 6.54 Å². The minimum absolute atomic E-state index is 0.0508. The Morgan fingerprint density at radius 2 is 1.96 bits per heavy atom. The molecule has 1 N–H and O–H groups in total. The van der Waals surface area contributed by atoms with E-state index < -0.39 is 0 Å². The van der Waals surface area contributed by atoms with Crippen LogP contribution < -0.4 is 5.32 Å². The van der Waals surface area contributed by atoms with Crippen LogP contribution >= 0.6 is 0 Å². The smallest absolute Gasteiger partial charge is 0.251 e. The lowest BCUT2D eigenvalue weighted by atomic mass is 9.84. The standard InChI is InChI=1S/C24H27N3O/c1-16(21-13-18-8-11-20(21)12-18)26-24(28)19-9-6-17(7-10-19)14-27-15-25-22-4-2-3-5-23(22)27/h2-7,9-10,15-16,18,20-21H,8,11-14H2,1H3,(H,26,28)/t16-,18-,20-,21-/m0/s1. The number of benzene rings is 2. The summed E-state index contributed by atoms with van der Waals surface area (Å²) >= 11 is 0. The number of amides is 1. The molecular weight excluding hydrogens is 346 g/mol. The van der Waals surface area contributed by atoms with Gasteiger partial charge in [0.15, 0.2) is 0 Å². The number of hydrogen-bond acceptors (Lipinski definition) is 2. The molecule has 2 aromatic carbocycles. The highest BCUT2D eigenvalue weighted by atomic mass is 16.1. The molecule has 2 fully saturated rings. The summed E-state index contributed by atoms with van der Waals surface area (Å²) in [7, 11) is 0. The van der Waals surface area contributed by atoms with Crippen LogP contribution in [0, 0.1) is 17.8 Å². The highest BCUT2D eigenvalue weighted by Gasteiger charge is 2.42. The van der Waals surface area contributed by atoms with E-state index in [2.05, 4.69) is 27.9 Å². The van der Waals surface area contributed by atoms with Crippen molar-refractivity contribution in [2.24, 2.45) is 17.8 Å². The summed E-state index contributed by atoms with van der Waals surface area (Å²) in [5, 5.41) is 3.26. The lowest BCUT2D eigenvalue weighted by Gasteiger charge is -2.28. The second-order valence-corrected chi connectivity index (χ2v) is 8.66. The first-order chi connectivity index (χ1) is 13.7. The fraction of sp³-hybridized carbons (Fsp3) is 0.417. The van der Waals surface area contributed by atoms with Crippen LogP contribution in [0.3, 0.4) is 0 Å². The first-order valence-electron chi connectivity index (χ1n) is 10.5. The van der Waals surface area contributed by atoms with Gasteiger partial charge in [-0.2, -0.15) is 0 Å². The maximum atomic E-state index is 12.7.